The third-order valence-electron chi connectivity index (χ3n) is 5.47. The first-order chi connectivity index (χ1) is 16.0. The maximum Gasteiger partial charge on any atom is 0.244 e. The van der Waals surface area contributed by atoms with Gasteiger partial charge in [0.1, 0.15) is 12.4 Å². The molecule has 0 atom stereocenters. The highest BCUT2D eigenvalue weighted by Crippen LogP contribution is 2.27. The number of aryl methyl sites for hydroxylation is 2. The molecule has 0 heterocycles. The van der Waals surface area contributed by atoms with Gasteiger partial charge in [0.05, 0.1) is 12.6 Å². The third-order valence-corrected chi connectivity index (χ3v) is 6.19. The highest BCUT2D eigenvalue weighted by Gasteiger charge is 2.09. The van der Waals surface area contributed by atoms with Crippen LogP contribution in [0.1, 0.15) is 27.8 Å². The first-order valence-electron chi connectivity index (χ1n) is 10.8. The van der Waals surface area contributed by atoms with Crippen molar-refractivity contribution in [1.82, 2.24) is 5.43 Å². The SMILES string of the molecule is Cc1ccc(CC(=O)N/N=C/c2c(OCc3ccc(I)cc3)ccc3ccccc23)c(C)c1. The van der Waals surface area contributed by atoms with Crippen LogP contribution in [0.5, 0.6) is 5.75 Å². The molecule has 4 aromatic rings. The van der Waals surface area contributed by atoms with Gasteiger partial charge in [0.25, 0.3) is 0 Å². The molecule has 4 nitrogen and oxygen atoms in total. The molecule has 0 fully saturated rings. The van der Waals surface area contributed by atoms with Gasteiger partial charge in [-0.3, -0.25) is 4.79 Å². The number of carbonyl (C=O) groups is 1. The molecule has 4 aromatic carbocycles. The summed E-state index contributed by atoms with van der Waals surface area (Å²) in [6, 6.07) is 26.4. The summed E-state index contributed by atoms with van der Waals surface area (Å²) >= 11 is 2.29. The lowest BCUT2D eigenvalue weighted by Crippen LogP contribution is -2.20. The van der Waals surface area contributed by atoms with Gasteiger partial charge in [0.2, 0.25) is 5.91 Å². The molecule has 0 aliphatic carbocycles. The van der Waals surface area contributed by atoms with Crippen molar-refractivity contribution >= 4 is 45.5 Å². The van der Waals surface area contributed by atoms with Crippen LogP contribution < -0.4 is 10.2 Å². The van der Waals surface area contributed by atoms with Crippen LogP contribution in [0.3, 0.4) is 0 Å². The number of nitrogens with one attached hydrogen (secondary N) is 1. The molecule has 0 spiro atoms. The Kier molecular flexibility index (Phi) is 7.40. The van der Waals surface area contributed by atoms with E-state index in [2.05, 4.69) is 63.4 Å². The van der Waals surface area contributed by atoms with Crippen molar-refractivity contribution in [2.24, 2.45) is 5.10 Å². The molecule has 4 rings (SSSR count). The van der Waals surface area contributed by atoms with Crippen LogP contribution in [0.4, 0.5) is 0 Å². The van der Waals surface area contributed by atoms with Crippen molar-refractivity contribution < 1.29 is 9.53 Å². The highest BCUT2D eigenvalue weighted by molar-refractivity contribution is 14.1. The molecule has 0 unspecified atom stereocenters. The summed E-state index contributed by atoms with van der Waals surface area (Å²) in [6.07, 6.45) is 1.96. The average Bonchev–Trinajstić information content (AvgIpc) is 2.81. The maximum atomic E-state index is 12.5. The molecule has 166 valence electrons. The molecular weight excluding hydrogens is 523 g/mol. The van der Waals surface area contributed by atoms with E-state index in [1.54, 1.807) is 6.21 Å². The van der Waals surface area contributed by atoms with E-state index in [1.807, 2.05) is 62.4 Å². The van der Waals surface area contributed by atoms with Gasteiger partial charge in [-0.15, -0.1) is 0 Å². The van der Waals surface area contributed by atoms with E-state index in [1.165, 1.54) is 9.13 Å². The second kappa shape index (κ2) is 10.6. The Bertz CT molecular complexity index is 1310. The molecule has 5 heteroatoms. The minimum atomic E-state index is -0.153. The number of hydrogen-bond acceptors (Lipinski definition) is 3. The number of halogens is 1. The molecular formula is C28H25IN2O2. The first-order valence-corrected chi connectivity index (χ1v) is 11.8. The summed E-state index contributed by atoms with van der Waals surface area (Å²) < 4.78 is 7.33. The Morgan fingerprint density at radius 3 is 2.58 bits per heavy atom. The van der Waals surface area contributed by atoms with Crippen LogP contribution in [-0.4, -0.2) is 12.1 Å². The second-order valence-corrected chi connectivity index (χ2v) is 9.26. The van der Waals surface area contributed by atoms with E-state index in [0.29, 0.717) is 6.61 Å². The van der Waals surface area contributed by atoms with Crippen LogP contribution in [0, 0.1) is 17.4 Å². The standard InChI is InChI=1S/C28H25IN2O2/c1-19-7-10-23(20(2)15-19)16-28(32)31-30-17-26-25-6-4-3-5-22(25)11-14-27(26)33-18-21-8-12-24(29)13-9-21/h3-15,17H,16,18H2,1-2H3,(H,31,32)/b30-17+. The topological polar surface area (TPSA) is 50.7 Å². The molecule has 1 amide bonds. The van der Waals surface area contributed by atoms with Gasteiger partial charge >= 0.3 is 0 Å². The highest BCUT2D eigenvalue weighted by atomic mass is 127. The largest absolute Gasteiger partial charge is 0.488 e. The monoisotopic (exact) mass is 548 g/mol. The maximum absolute atomic E-state index is 12.5. The fourth-order valence-electron chi connectivity index (χ4n) is 3.70. The zero-order valence-corrected chi connectivity index (χ0v) is 20.8. The van der Waals surface area contributed by atoms with Gasteiger partial charge in [-0.25, -0.2) is 5.43 Å². The number of nitrogens with zero attached hydrogens (tertiary/aromatic N) is 1. The van der Waals surface area contributed by atoms with E-state index in [4.69, 9.17) is 4.74 Å². The van der Waals surface area contributed by atoms with Crippen LogP contribution in [0.25, 0.3) is 10.8 Å². The lowest BCUT2D eigenvalue weighted by Gasteiger charge is -2.12. The summed E-state index contributed by atoms with van der Waals surface area (Å²) in [5.41, 5.74) is 7.89. The fraction of sp³-hybridized carbons (Fsp3) is 0.143. The number of hydrazone groups is 1. The predicted molar refractivity (Wildman–Crippen MR) is 143 cm³/mol. The van der Waals surface area contributed by atoms with E-state index in [9.17, 15) is 4.79 Å². The van der Waals surface area contributed by atoms with Crippen molar-refractivity contribution in [2.45, 2.75) is 26.9 Å². The number of hydrogen-bond donors (Lipinski definition) is 1. The average molecular weight is 548 g/mol. The van der Waals surface area contributed by atoms with Crippen molar-refractivity contribution in [3.63, 3.8) is 0 Å². The van der Waals surface area contributed by atoms with Crippen molar-refractivity contribution in [1.29, 1.82) is 0 Å². The van der Waals surface area contributed by atoms with Gasteiger partial charge in [-0.1, -0.05) is 66.2 Å². The molecule has 33 heavy (non-hydrogen) atoms. The van der Waals surface area contributed by atoms with Crippen molar-refractivity contribution in [3.8, 4) is 5.75 Å². The number of benzene rings is 4. The van der Waals surface area contributed by atoms with E-state index >= 15 is 0 Å². The summed E-state index contributed by atoms with van der Waals surface area (Å²) in [5.74, 6) is 0.569. The molecule has 0 aromatic heterocycles. The minimum Gasteiger partial charge on any atom is -0.488 e. The van der Waals surface area contributed by atoms with Gasteiger partial charge in [0.15, 0.2) is 0 Å². The van der Waals surface area contributed by atoms with Gasteiger partial charge in [-0.05, 0) is 82.1 Å². The number of carbonyl (C=O) groups excluding carboxylic acids is 1. The van der Waals surface area contributed by atoms with E-state index in [-0.39, 0.29) is 12.3 Å². The quantitative estimate of drug-likeness (QED) is 0.167. The first kappa shape index (κ1) is 23.0. The molecule has 0 aliphatic rings. The van der Waals surface area contributed by atoms with Crippen LogP contribution in [-0.2, 0) is 17.8 Å². The lowest BCUT2D eigenvalue weighted by atomic mass is 10.0. The van der Waals surface area contributed by atoms with Crippen LogP contribution in [0.2, 0.25) is 0 Å². The molecule has 1 N–H and O–H groups in total. The van der Waals surface area contributed by atoms with Crippen molar-refractivity contribution in [2.75, 3.05) is 0 Å². The van der Waals surface area contributed by atoms with Gasteiger partial charge in [0, 0.05) is 9.13 Å². The van der Waals surface area contributed by atoms with Crippen LogP contribution in [0.15, 0.2) is 84.0 Å². The minimum absolute atomic E-state index is 0.153. The molecule has 0 saturated heterocycles. The summed E-state index contributed by atoms with van der Waals surface area (Å²) in [7, 11) is 0. The Labute approximate surface area is 207 Å². The molecule has 0 saturated carbocycles. The van der Waals surface area contributed by atoms with Crippen LogP contribution >= 0.6 is 22.6 Å². The van der Waals surface area contributed by atoms with Crippen molar-refractivity contribution in [3.05, 3.63) is 110 Å². The zero-order chi connectivity index (χ0) is 23.2. The summed E-state index contributed by atoms with van der Waals surface area (Å²) in [5, 5.41) is 6.36. The Morgan fingerprint density at radius 1 is 1.00 bits per heavy atom. The van der Waals surface area contributed by atoms with E-state index < -0.39 is 0 Å². The number of fused-ring (bicyclic) bond motifs is 1. The predicted octanol–water partition coefficient (Wildman–Crippen LogP) is 6.33. The zero-order valence-electron chi connectivity index (χ0n) is 18.6. The molecule has 0 aliphatic heterocycles. The summed E-state index contributed by atoms with van der Waals surface area (Å²) in [6.45, 7) is 4.52. The number of amides is 1. The Hall–Kier alpha value is -3.19. The molecule has 0 bridgehead atoms. The fourth-order valence-corrected chi connectivity index (χ4v) is 4.06. The number of ether oxygens (including phenoxy) is 1. The van der Waals surface area contributed by atoms with Gasteiger partial charge in [-0.2, -0.15) is 5.10 Å². The number of rotatable bonds is 7. The summed E-state index contributed by atoms with van der Waals surface area (Å²) in [4.78, 5) is 12.5. The van der Waals surface area contributed by atoms with Gasteiger partial charge < -0.3 is 4.74 Å². The Morgan fingerprint density at radius 2 is 1.79 bits per heavy atom. The normalized spacial score (nSPS) is 11.1. The third kappa shape index (κ3) is 5.99. The Balaban J connectivity index is 1.52. The smallest absolute Gasteiger partial charge is 0.244 e. The van der Waals surface area contributed by atoms with E-state index in [0.717, 1.165) is 38.8 Å². The molecule has 0 radical (unpaired) electrons. The second-order valence-electron chi connectivity index (χ2n) is 8.01. The lowest BCUT2D eigenvalue weighted by molar-refractivity contribution is -0.120.